The van der Waals surface area contributed by atoms with Crippen molar-refractivity contribution >= 4 is 11.7 Å². The molecule has 1 aromatic rings. The Labute approximate surface area is 131 Å². The maximum absolute atomic E-state index is 11.7. The number of carbonyl (C=O) groups is 1. The van der Waals surface area contributed by atoms with Crippen molar-refractivity contribution in [3.63, 3.8) is 0 Å². The fourth-order valence-corrected chi connectivity index (χ4v) is 2.16. The van der Waals surface area contributed by atoms with E-state index in [0.717, 1.165) is 13.2 Å². The summed E-state index contributed by atoms with van der Waals surface area (Å²) in [7, 11) is 2.45. The van der Waals surface area contributed by atoms with Crippen molar-refractivity contribution < 1.29 is 28.7 Å². The Morgan fingerprint density at radius 3 is 2.65 bits per heavy atom. The van der Waals surface area contributed by atoms with Crippen LogP contribution in [0.1, 0.15) is 16.8 Å². The molecule has 0 bridgehead atoms. The summed E-state index contributed by atoms with van der Waals surface area (Å²) >= 11 is 0. The molecule has 1 aliphatic heterocycles. The van der Waals surface area contributed by atoms with Gasteiger partial charge in [0.2, 0.25) is 11.4 Å². The Balaban J connectivity index is 2.52. The van der Waals surface area contributed by atoms with E-state index in [-0.39, 0.29) is 30.1 Å². The fourth-order valence-electron chi connectivity index (χ4n) is 2.16. The van der Waals surface area contributed by atoms with E-state index in [2.05, 4.69) is 4.74 Å². The molecule has 0 saturated carbocycles. The van der Waals surface area contributed by atoms with E-state index in [0.29, 0.717) is 6.61 Å². The van der Waals surface area contributed by atoms with E-state index in [1.807, 2.05) is 6.07 Å². The van der Waals surface area contributed by atoms with Gasteiger partial charge in [0.05, 0.1) is 25.7 Å². The smallest absolute Gasteiger partial charge is 0.341 e. The fraction of sp³-hybridized carbons (Fsp3) is 0.429. The predicted molar refractivity (Wildman–Crippen MR) is 75.4 cm³/mol. The first-order valence-electron chi connectivity index (χ1n) is 6.59. The minimum Gasteiger partial charge on any atom is -0.496 e. The largest absolute Gasteiger partial charge is 0.496 e. The zero-order chi connectivity index (χ0) is 17.0. The van der Waals surface area contributed by atoms with Crippen molar-refractivity contribution in [3.05, 3.63) is 27.8 Å². The van der Waals surface area contributed by atoms with Crippen molar-refractivity contribution in [3.8, 4) is 17.6 Å². The molecule has 1 atom stereocenters. The first kappa shape index (κ1) is 16.5. The molecular weight excluding hydrogens is 308 g/mol. The number of hydrogen-bond donors (Lipinski definition) is 0. The molecule has 23 heavy (non-hydrogen) atoms. The topological polar surface area (TPSA) is 121 Å². The van der Waals surface area contributed by atoms with Gasteiger partial charge in [-0.2, -0.15) is 5.26 Å². The van der Waals surface area contributed by atoms with Crippen molar-refractivity contribution in [2.75, 3.05) is 27.4 Å². The van der Waals surface area contributed by atoms with Gasteiger partial charge in [-0.3, -0.25) is 10.1 Å². The zero-order valence-electron chi connectivity index (χ0n) is 12.5. The van der Waals surface area contributed by atoms with Gasteiger partial charge < -0.3 is 18.9 Å². The Kier molecular flexibility index (Phi) is 4.66. The average molecular weight is 322 g/mol. The number of ether oxygens (including phenoxy) is 4. The van der Waals surface area contributed by atoms with Crippen LogP contribution in [0.25, 0.3) is 0 Å². The minimum atomic E-state index is -1.30. The van der Waals surface area contributed by atoms with E-state index >= 15 is 0 Å². The highest BCUT2D eigenvalue weighted by molar-refractivity contribution is 5.94. The minimum absolute atomic E-state index is 0.00171. The second-order valence-corrected chi connectivity index (χ2v) is 4.78. The van der Waals surface area contributed by atoms with Crippen molar-refractivity contribution in [2.45, 2.75) is 12.0 Å². The summed E-state index contributed by atoms with van der Waals surface area (Å²) < 4.78 is 20.3. The molecule has 0 spiro atoms. The lowest BCUT2D eigenvalue weighted by atomic mass is 10.1. The number of carbonyl (C=O) groups excluding carboxylic acids is 1. The van der Waals surface area contributed by atoms with Crippen LogP contribution in [0.2, 0.25) is 0 Å². The molecule has 1 heterocycles. The second kappa shape index (κ2) is 6.50. The van der Waals surface area contributed by atoms with Gasteiger partial charge in [-0.25, -0.2) is 4.79 Å². The molecule has 1 fully saturated rings. The van der Waals surface area contributed by atoms with Crippen molar-refractivity contribution in [1.29, 1.82) is 5.26 Å². The molecule has 0 aliphatic carbocycles. The molecule has 0 aromatic heterocycles. The van der Waals surface area contributed by atoms with Gasteiger partial charge in [0, 0.05) is 18.6 Å². The Bertz CT molecular complexity index is 674. The lowest BCUT2D eigenvalue weighted by Crippen LogP contribution is -2.34. The van der Waals surface area contributed by atoms with Gasteiger partial charge in [-0.1, -0.05) is 0 Å². The van der Waals surface area contributed by atoms with E-state index < -0.39 is 22.2 Å². The molecule has 1 unspecified atom stereocenters. The second-order valence-electron chi connectivity index (χ2n) is 4.78. The number of benzene rings is 1. The number of nitriles is 1. The summed E-state index contributed by atoms with van der Waals surface area (Å²) in [4.78, 5) is 22.3. The van der Waals surface area contributed by atoms with Crippen LogP contribution >= 0.6 is 0 Å². The normalized spacial score (nSPS) is 19.7. The summed E-state index contributed by atoms with van der Waals surface area (Å²) in [5.74, 6) is -0.910. The Hall–Kier alpha value is -2.86. The van der Waals surface area contributed by atoms with E-state index in [1.54, 1.807) is 0 Å². The number of hydrogen-bond acceptors (Lipinski definition) is 8. The average Bonchev–Trinajstić information content (AvgIpc) is 3.02. The standard InChI is InChI=1S/C14H14N2O7/c1-20-11-6-12(23-14(7-15)3-4-22-8-14)10(16(18)19)5-9(11)13(17)21-2/h5-6H,3-4,8H2,1-2H3. The summed E-state index contributed by atoms with van der Waals surface area (Å²) in [6.45, 7) is 0.320. The number of nitro benzene ring substituents is 1. The molecule has 1 saturated heterocycles. The summed E-state index contributed by atoms with van der Waals surface area (Å²) in [5, 5.41) is 20.6. The molecule has 1 aromatic carbocycles. The van der Waals surface area contributed by atoms with Crippen LogP contribution in [-0.4, -0.2) is 43.9 Å². The van der Waals surface area contributed by atoms with Gasteiger partial charge in [0.15, 0.2) is 0 Å². The number of nitrogens with zero attached hydrogens (tertiary/aromatic N) is 2. The first-order chi connectivity index (χ1) is 11.0. The third kappa shape index (κ3) is 3.17. The van der Waals surface area contributed by atoms with Crippen LogP contribution in [0, 0.1) is 21.4 Å². The third-order valence-electron chi connectivity index (χ3n) is 3.38. The molecule has 0 radical (unpaired) electrons. The molecule has 0 N–H and O–H groups in total. The highest BCUT2D eigenvalue weighted by Crippen LogP contribution is 2.38. The number of esters is 1. The van der Waals surface area contributed by atoms with Crippen molar-refractivity contribution in [2.24, 2.45) is 0 Å². The quantitative estimate of drug-likeness (QED) is 0.453. The van der Waals surface area contributed by atoms with Gasteiger partial charge in [-0.05, 0) is 0 Å². The monoisotopic (exact) mass is 322 g/mol. The lowest BCUT2D eigenvalue weighted by Gasteiger charge is -2.21. The summed E-state index contributed by atoms with van der Waals surface area (Å²) in [5.41, 5.74) is -1.88. The Morgan fingerprint density at radius 2 is 2.17 bits per heavy atom. The Morgan fingerprint density at radius 1 is 1.43 bits per heavy atom. The highest BCUT2D eigenvalue weighted by Gasteiger charge is 2.40. The van der Waals surface area contributed by atoms with Crippen LogP contribution in [-0.2, 0) is 9.47 Å². The molecule has 9 heteroatoms. The van der Waals surface area contributed by atoms with E-state index in [9.17, 15) is 20.2 Å². The van der Waals surface area contributed by atoms with E-state index in [1.165, 1.54) is 13.2 Å². The maximum Gasteiger partial charge on any atom is 0.341 e. The number of methoxy groups -OCH3 is 2. The molecule has 9 nitrogen and oxygen atoms in total. The highest BCUT2D eigenvalue weighted by atomic mass is 16.6. The zero-order valence-corrected chi connectivity index (χ0v) is 12.5. The molecule has 0 amide bonds. The lowest BCUT2D eigenvalue weighted by molar-refractivity contribution is -0.386. The van der Waals surface area contributed by atoms with Crippen molar-refractivity contribution in [1.82, 2.24) is 0 Å². The van der Waals surface area contributed by atoms with Crippen LogP contribution in [0.4, 0.5) is 5.69 Å². The van der Waals surface area contributed by atoms with Crippen LogP contribution < -0.4 is 9.47 Å². The van der Waals surface area contributed by atoms with Gasteiger partial charge >= 0.3 is 11.7 Å². The summed E-state index contributed by atoms with van der Waals surface area (Å²) in [6.07, 6.45) is 0.279. The predicted octanol–water partition coefficient (Wildman–Crippen LogP) is 1.45. The van der Waals surface area contributed by atoms with Crippen LogP contribution in [0.3, 0.4) is 0 Å². The van der Waals surface area contributed by atoms with Gasteiger partial charge in [0.1, 0.15) is 24.0 Å². The maximum atomic E-state index is 11.7. The number of nitro groups is 1. The summed E-state index contributed by atoms with van der Waals surface area (Å²) in [6, 6.07) is 4.17. The molecular formula is C14H14N2O7. The first-order valence-corrected chi connectivity index (χ1v) is 6.59. The van der Waals surface area contributed by atoms with Gasteiger partial charge in [0.25, 0.3) is 0 Å². The molecule has 2 rings (SSSR count). The number of rotatable bonds is 5. The molecule has 122 valence electrons. The SMILES string of the molecule is COC(=O)c1cc([N+](=O)[O-])c(OC2(C#N)CCOC2)cc1OC. The van der Waals surface area contributed by atoms with E-state index in [4.69, 9.17) is 14.2 Å². The van der Waals surface area contributed by atoms with Gasteiger partial charge in [-0.15, -0.1) is 0 Å². The van der Waals surface area contributed by atoms with Crippen LogP contribution in [0.15, 0.2) is 12.1 Å². The molecule has 1 aliphatic rings. The van der Waals surface area contributed by atoms with Crippen LogP contribution in [0.5, 0.6) is 11.5 Å². The third-order valence-corrected chi connectivity index (χ3v) is 3.38.